The third kappa shape index (κ3) is 1.88. The molecule has 11 heteroatoms. The average Bonchev–Trinajstić information content (AvgIpc) is 2.90. The van der Waals surface area contributed by atoms with E-state index in [1.165, 1.54) is 12.1 Å². The van der Waals surface area contributed by atoms with Crippen LogP contribution in [0.3, 0.4) is 0 Å². The average molecular weight is 330 g/mol. The number of fused-ring (bicyclic) bond motifs is 3. The zero-order valence-corrected chi connectivity index (χ0v) is 11.6. The van der Waals surface area contributed by atoms with Crippen LogP contribution in [0.5, 0.6) is 0 Å². The van der Waals surface area contributed by atoms with Gasteiger partial charge in [0.05, 0.1) is 20.3 Å². The lowest BCUT2D eigenvalue weighted by Crippen LogP contribution is -2.28. The lowest BCUT2D eigenvalue weighted by molar-refractivity contribution is -0.497. The van der Waals surface area contributed by atoms with Gasteiger partial charge in [0.1, 0.15) is 0 Å². The van der Waals surface area contributed by atoms with E-state index in [1.54, 1.807) is 18.2 Å². The Bertz CT molecular complexity index is 955. The highest BCUT2D eigenvalue weighted by atomic mass is 16.7. The number of hydrogen-bond donors (Lipinski definition) is 1. The maximum Gasteiger partial charge on any atom is 0.425 e. The van der Waals surface area contributed by atoms with Crippen LogP contribution < -0.4 is 0 Å². The fraction of sp³-hybridized carbons (Fsp3) is 0. The molecule has 1 aromatic carbocycles. The molecule has 120 valence electrons. The summed E-state index contributed by atoms with van der Waals surface area (Å²) in [5, 5.41) is 45.9. The van der Waals surface area contributed by atoms with Crippen LogP contribution in [0.2, 0.25) is 0 Å². The van der Waals surface area contributed by atoms with Crippen LogP contribution in [0.4, 0.5) is 0 Å². The maximum atomic E-state index is 11.4. The standard InChI is InChI=1S/C13H6N4O7/c18-14-10-8-5-6-3-1-2-4-7(6)9(8)11(15(19)20)13(17(23)24)12(10)16(21)22/h1-5,18H. The second kappa shape index (κ2) is 5.08. The quantitative estimate of drug-likeness (QED) is 0.500. The van der Waals surface area contributed by atoms with E-state index >= 15 is 0 Å². The van der Waals surface area contributed by atoms with Gasteiger partial charge in [0.15, 0.2) is 5.71 Å². The van der Waals surface area contributed by atoms with Gasteiger partial charge in [-0.15, -0.1) is 0 Å². The molecule has 0 fully saturated rings. The topological polar surface area (TPSA) is 162 Å². The molecule has 0 amide bonds. The Morgan fingerprint density at radius 3 is 2.00 bits per heavy atom. The number of benzene rings is 1. The van der Waals surface area contributed by atoms with Crippen LogP contribution in [-0.4, -0.2) is 25.7 Å². The molecule has 0 spiro atoms. The van der Waals surface area contributed by atoms with Gasteiger partial charge in [-0.3, -0.25) is 30.3 Å². The van der Waals surface area contributed by atoms with Crippen LogP contribution in [0, 0.1) is 30.3 Å². The van der Waals surface area contributed by atoms with Crippen LogP contribution >= 0.6 is 0 Å². The highest BCUT2D eigenvalue weighted by Crippen LogP contribution is 2.45. The van der Waals surface area contributed by atoms with Gasteiger partial charge in [-0.2, -0.15) is 0 Å². The van der Waals surface area contributed by atoms with E-state index in [0.29, 0.717) is 11.1 Å². The molecule has 0 radical (unpaired) electrons. The highest BCUT2D eigenvalue weighted by Gasteiger charge is 2.53. The number of oxime groups is 1. The van der Waals surface area contributed by atoms with Crippen molar-refractivity contribution < 1.29 is 20.0 Å². The Morgan fingerprint density at radius 2 is 1.46 bits per heavy atom. The summed E-state index contributed by atoms with van der Waals surface area (Å²) >= 11 is 0. The Balaban J connectivity index is 2.51. The molecular weight excluding hydrogens is 324 g/mol. The first-order chi connectivity index (χ1) is 11.4. The second-order valence-electron chi connectivity index (χ2n) is 4.79. The minimum atomic E-state index is -1.32. The molecule has 0 atom stereocenters. The van der Waals surface area contributed by atoms with Crippen molar-refractivity contribution in [1.82, 2.24) is 0 Å². The molecule has 2 aliphatic carbocycles. The predicted octanol–water partition coefficient (Wildman–Crippen LogP) is 1.68. The molecule has 24 heavy (non-hydrogen) atoms. The summed E-state index contributed by atoms with van der Waals surface area (Å²) in [6, 6.07) is 6.26. The van der Waals surface area contributed by atoms with E-state index in [0.717, 1.165) is 0 Å². The van der Waals surface area contributed by atoms with Gasteiger partial charge in [-0.05, 0) is 17.2 Å². The Hall–Kier alpha value is -3.89. The number of rotatable bonds is 3. The first kappa shape index (κ1) is 15.0. The normalized spacial score (nSPS) is 17.5. The molecule has 1 aromatic rings. The van der Waals surface area contributed by atoms with Crippen LogP contribution in [0.15, 0.2) is 52.1 Å². The van der Waals surface area contributed by atoms with Gasteiger partial charge in [0.2, 0.25) is 0 Å². The Kier molecular flexibility index (Phi) is 3.18. The van der Waals surface area contributed by atoms with Crippen molar-refractivity contribution in [2.45, 2.75) is 0 Å². The van der Waals surface area contributed by atoms with Gasteiger partial charge < -0.3 is 5.21 Å². The van der Waals surface area contributed by atoms with Crippen molar-refractivity contribution >= 4 is 17.4 Å². The monoisotopic (exact) mass is 330 g/mol. The van der Waals surface area contributed by atoms with Crippen molar-refractivity contribution in [1.29, 1.82) is 0 Å². The van der Waals surface area contributed by atoms with Crippen molar-refractivity contribution in [3.63, 3.8) is 0 Å². The fourth-order valence-electron chi connectivity index (χ4n) is 2.76. The lowest BCUT2D eigenvalue weighted by atomic mass is 9.89. The molecule has 0 aliphatic heterocycles. The molecule has 0 saturated carbocycles. The van der Waals surface area contributed by atoms with Gasteiger partial charge in [-0.1, -0.05) is 29.4 Å². The van der Waals surface area contributed by atoms with Crippen molar-refractivity contribution in [3.8, 4) is 0 Å². The summed E-state index contributed by atoms with van der Waals surface area (Å²) in [4.78, 5) is 30.6. The van der Waals surface area contributed by atoms with Gasteiger partial charge in [0, 0.05) is 5.57 Å². The van der Waals surface area contributed by atoms with E-state index in [2.05, 4.69) is 5.16 Å². The van der Waals surface area contributed by atoms with E-state index in [-0.39, 0.29) is 11.1 Å². The summed E-state index contributed by atoms with van der Waals surface area (Å²) in [6.45, 7) is 0. The molecular formula is C13H6N4O7. The minimum Gasteiger partial charge on any atom is -0.410 e. The van der Waals surface area contributed by atoms with E-state index in [1.807, 2.05) is 0 Å². The highest BCUT2D eigenvalue weighted by molar-refractivity contribution is 6.27. The third-order valence-corrected chi connectivity index (χ3v) is 3.61. The summed E-state index contributed by atoms with van der Waals surface area (Å²) in [6.07, 6.45) is 1.35. The van der Waals surface area contributed by atoms with Crippen molar-refractivity contribution in [3.05, 3.63) is 88.4 Å². The number of nitro groups is 3. The van der Waals surface area contributed by atoms with Crippen LogP contribution in [-0.2, 0) is 0 Å². The Morgan fingerprint density at radius 1 is 0.875 bits per heavy atom. The fourth-order valence-corrected chi connectivity index (χ4v) is 2.76. The first-order valence-electron chi connectivity index (χ1n) is 6.34. The van der Waals surface area contributed by atoms with Crippen molar-refractivity contribution in [2.24, 2.45) is 5.16 Å². The molecule has 2 aliphatic rings. The molecule has 11 nitrogen and oxygen atoms in total. The smallest absolute Gasteiger partial charge is 0.410 e. The van der Waals surface area contributed by atoms with Crippen LogP contribution in [0.25, 0.3) is 11.6 Å². The van der Waals surface area contributed by atoms with E-state index in [4.69, 9.17) is 5.21 Å². The zero-order valence-electron chi connectivity index (χ0n) is 11.6. The van der Waals surface area contributed by atoms with Gasteiger partial charge in [0.25, 0.3) is 0 Å². The molecule has 3 rings (SSSR count). The number of allylic oxidation sites excluding steroid dienone is 2. The largest absolute Gasteiger partial charge is 0.425 e. The molecule has 1 N–H and O–H groups in total. The van der Waals surface area contributed by atoms with E-state index < -0.39 is 37.6 Å². The molecule has 0 bridgehead atoms. The third-order valence-electron chi connectivity index (χ3n) is 3.61. The molecule has 0 saturated heterocycles. The Labute approximate surface area is 132 Å². The maximum absolute atomic E-state index is 11.4. The van der Waals surface area contributed by atoms with Crippen molar-refractivity contribution in [2.75, 3.05) is 0 Å². The number of nitrogens with zero attached hydrogens (tertiary/aromatic N) is 4. The number of hydrogen-bond acceptors (Lipinski definition) is 8. The lowest BCUT2D eigenvalue weighted by Gasteiger charge is -2.12. The molecule has 0 heterocycles. The second-order valence-corrected chi connectivity index (χ2v) is 4.79. The predicted molar refractivity (Wildman–Crippen MR) is 78.6 cm³/mol. The molecule has 0 unspecified atom stereocenters. The van der Waals surface area contributed by atoms with E-state index in [9.17, 15) is 30.3 Å². The summed E-state index contributed by atoms with van der Waals surface area (Å²) < 4.78 is 0. The molecule has 0 aromatic heterocycles. The van der Waals surface area contributed by atoms with Gasteiger partial charge >= 0.3 is 17.1 Å². The van der Waals surface area contributed by atoms with Crippen LogP contribution in [0.1, 0.15) is 11.1 Å². The first-order valence-corrected chi connectivity index (χ1v) is 6.34. The minimum absolute atomic E-state index is 0.109. The SMILES string of the molecule is O=[N+]([O-])C1=C2C(=Cc3ccccc32)C(=NO)C([N+](=O)[O-])=C1[N+](=O)[O-]. The van der Waals surface area contributed by atoms with Gasteiger partial charge in [-0.25, -0.2) is 0 Å². The summed E-state index contributed by atoms with van der Waals surface area (Å²) in [7, 11) is 0. The zero-order chi connectivity index (χ0) is 17.6. The summed E-state index contributed by atoms with van der Waals surface area (Å²) in [5.74, 6) is 0. The summed E-state index contributed by atoms with van der Waals surface area (Å²) in [5.41, 5.74) is -3.77.